The second kappa shape index (κ2) is 10.1. The average Bonchev–Trinajstić information content (AvgIpc) is 2.64. The fourth-order valence-electron chi connectivity index (χ4n) is 2.62. The molecule has 2 rings (SSSR count). The van der Waals surface area contributed by atoms with Crippen molar-refractivity contribution in [2.45, 2.75) is 25.2 Å². The molecule has 0 spiro atoms. The van der Waals surface area contributed by atoms with E-state index in [1.165, 1.54) is 12.1 Å². The highest BCUT2D eigenvalue weighted by Gasteiger charge is 2.13. The summed E-state index contributed by atoms with van der Waals surface area (Å²) in [4.78, 5) is 4.66. The molecule has 0 fully saturated rings. The smallest absolute Gasteiger partial charge is 0.191 e. The maximum atomic E-state index is 13.2. The van der Waals surface area contributed by atoms with Crippen LogP contribution in [0.25, 0.3) is 0 Å². The number of nitrogens with one attached hydrogen (secondary N) is 2. The number of halogens is 1. The fraction of sp³-hybridized carbons (Fsp3) is 0.350. The summed E-state index contributed by atoms with van der Waals surface area (Å²) >= 11 is 0. The van der Waals surface area contributed by atoms with E-state index in [9.17, 15) is 12.8 Å². The van der Waals surface area contributed by atoms with Gasteiger partial charge in [0.15, 0.2) is 15.8 Å². The van der Waals surface area contributed by atoms with Gasteiger partial charge in [-0.1, -0.05) is 24.3 Å². The fourth-order valence-corrected chi connectivity index (χ4v) is 3.76. The van der Waals surface area contributed by atoms with Crippen LogP contribution >= 0.6 is 0 Å². The number of hydrogen-bond donors (Lipinski definition) is 2. The van der Waals surface area contributed by atoms with E-state index in [2.05, 4.69) is 15.6 Å². The molecule has 146 valence electrons. The van der Waals surface area contributed by atoms with Crippen molar-refractivity contribution in [3.8, 4) is 0 Å². The van der Waals surface area contributed by atoms with Gasteiger partial charge >= 0.3 is 0 Å². The van der Waals surface area contributed by atoms with Gasteiger partial charge in [-0.2, -0.15) is 0 Å². The molecular formula is C20H26FN3O2S. The lowest BCUT2D eigenvalue weighted by atomic mass is 10.1. The van der Waals surface area contributed by atoms with Crippen LogP contribution in [-0.4, -0.2) is 39.8 Å². The Bertz CT molecular complexity index is 868. The third kappa shape index (κ3) is 6.67. The molecule has 0 unspecified atom stereocenters. The van der Waals surface area contributed by atoms with E-state index in [1.807, 2.05) is 13.8 Å². The standard InChI is InChI=1S/C20H26FN3O2S/c1-3-22-20(23-12-11-17-9-10-18(21)15-16(17)2)24-13-14-27(25,26)19-7-5-4-6-8-19/h4-10,15H,3,11-14H2,1-2H3,(H2,22,23,24). The Labute approximate surface area is 160 Å². The first-order chi connectivity index (χ1) is 12.9. The van der Waals surface area contributed by atoms with Gasteiger partial charge in [0, 0.05) is 13.1 Å². The van der Waals surface area contributed by atoms with Crippen LogP contribution in [0.1, 0.15) is 18.1 Å². The van der Waals surface area contributed by atoms with E-state index in [4.69, 9.17) is 0 Å². The Kier molecular flexibility index (Phi) is 7.79. The topological polar surface area (TPSA) is 70.6 Å². The zero-order valence-corrected chi connectivity index (χ0v) is 16.5. The van der Waals surface area contributed by atoms with Crippen molar-refractivity contribution in [3.05, 3.63) is 65.5 Å². The highest BCUT2D eigenvalue weighted by atomic mass is 32.2. The van der Waals surface area contributed by atoms with E-state index >= 15 is 0 Å². The molecule has 7 heteroatoms. The molecule has 0 radical (unpaired) electrons. The Balaban J connectivity index is 1.90. The van der Waals surface area contributed by atoms with Gasteiger partial charge in [-0.25, -0.2) is 12.8 Å². The molecule has 0 aliphatic heterocycles. The van der Waals surface area contributed by atoms with Crippen molar-refractivity contribution < 1.29 is 12.8 Å². The van der Waals surface area contributed by atoms with Gasteiger partial charge in [0.1, 0.15) is 5.82 Å². The maximum absolute atomic E-state index is 13.2. The quantitative estimate of drug-likeness (QED) is 0.536. The predicted octanol–water partition coefficient (Wildman–Crippen LogP) is 2.71. The number of rotatable bonds is 8. The molecule has 27 heavy (non-hydrogen) atoms. The van der Waals surface area contributed by atoms with Crippen LogP contribution in [0.3, 0.4) is 0 Å². The van der Waals surface area contributed by atoms with Gasteiger partial charge in [0.05, 0.1) is 17.2 Å². The van der Waals surface area contributed by atoms with Crippen LogP contribution in [0.4, 0.5) is 4.39 Å². The van der Waals surface area contributed by atoms with Crippen LogP contribution < -0.4 is 10.6 Å². The molecule has 0 saturated heterocycles. The number of nitrogens with zero attached hydrogens (tertiary/aromatic N) is 1. The summed E-state index contributed by atoms with van der Waals surface area (Å²) in [6.07, 6.45) is 0.721. The molecule has 0 saturated carbocycles. The normalized spacial score (nSPS) is 12.0. The monoisotopic (exact) mass is 391 g/mol. The SMILES string of the molecule is CCNC(=NCCS(=O)(=O)c1ccccc1)NCCc1ccc(F)cc1C. The van der Waals surface area contributed by atoms with Gasteiger partial charge in [0.2, 0.25) is 0 Å². The largest absolute Gasteiger partial charge is 0.357 e. The van der Waals surface area contributed by atoms with E-state index in [-0.39, 0.29) is 18.1 Å². The molecule has 0 aliphatic rings. The van der Waals surface area contributed by atoms with Crippen molar-refractivity contribution in [2.75, 3.05) is 25.4 Å². The lowest BCUT2D eigenvalue weighted by molar-refractivity contribution is 0.596. The van der Waals surface area contributed by atoms with E-state index in [1.54, 1.807) is 36.4 Å². The van der Waals surface area contributed by atoms with E-state index in [0.29, 0.717) is 23.9 Å². The Morgan fingerprint density at radius 3 is 2.52 bits per heavy atom. The molecule has 0 aliphatic carbocycles. The summed E-state index contributed by atoms with van der Waals surface area (Å²) in [6.45, 7) is 5.28. The molecular weight excluding hydrogens is 365 g/mol. The third-order valence-corrected chi connectivity index (χ3v) is 5.78. The zero-order valence-electron chi connectivity index (χ0n) is 15.7. The van der Waals surface area contributed by atoms with Crippen LogP contribution in [0.2, 0.25) is 0 Å². The van der Waals surface area contributed by atoms with Crippen LogP contribution in [0.5, 0.6) is 0 Å². The molecule has 2 aromatic rings. The van der Waals surface area contributed by atoms with Crippen LogP contribution in [-0.2, 0) is 16.3 Å². The number of guanidine groups is 1. The Hall–Kier alpha value is -2.41. The first-order valence-electron chi connectivity index (χ1n) is 8.97. The van der Waals surface area contributed by atoms with Crippen molar-refractivity contribution >= 4 is 15.8 Å². The first-order valence-corrected chi connectivity index (χ1v) is 10.6. The van der Waals surface area contributed by atoms with Gasteiger partial charge in [-0.15, -0.1) is 0 Å². The molecule has 0 aromatic heterocycles. The number of aryl methyl sites for hydroxylation is 1. The molecule has 0 heterocycles. The summed E-state index contributed by atoms with van der Waals surface area (Å²) in [5, 5.41) is 6.29. The summed E-state index contributed by atoms with van der Waals surface area (Å²) in [5.74, 6) is 0.282. The predicted molar refractivity (Wildman–Crippen MR) is 107 cm³/mol. The van der Waals surface area contributed by atoms with E-state index in [0.717, 1.165) is 17.5 Å². The lowest BCUT2D eigenvalue weighted by Crippen LogP contribution is -2.38. The Morgan fingerprint density at radius 1 is 1.11 bits per heavy atom. The lowest BCUT2D eigenvalue weighted by Gasteiger charge is -2.12. The van der Waals surface area contributed by atoms with Gasteiger partial charge in [-0.3, -0.25) is 4.99 Å². The first kappa shape index (κ1) is 20.9. The molecule has 0 amide bonds. The highest BCUT2D eigenvalue weighted by Crippen LogP contribution is 2.11. The average molecular weight is 392 g/mol. The van der Waals surface area contributed by atoms with Crippen molar-refractivity contribution in [2.24, 2.45) is 4.99 Å². The summed E-state index contributed by atoms with van der Waals surface area (Å²) in [7, 11) is -3.34. The summed E-state index contributed by atoms with van der Waals surface area (Å²) < 4.78 is 37.8. The van der Waals surface area contributed by atoms with E-state index < -0.39 is 9.84 Å². The van der Waals surface area contributed by atoms with Crippen molar-refractivity contribution in [3.63, 3.8) is 0 Å². The minimum atomic E-state index is -3.34. The maximum Gasteiger partial charge on any atom is 0.191 e. The molecule has 5 nitrogen and oxygen atoms in total. The van der Waals surface area contributed by atoms with Gasteiger partial charge < -0.3 is 10.6 Å². The van der Waals surface area contributed by atoms with Crippen molar-refractivity contribution in [1.82, 2.24) is 10.6 Å². The molecule has 2 N–H and O–H groups in total. The second-order valence-corrected chi connectivity index (χ2v) is 8.25. The molecule has 0 atom stereocenters. The number of benzene rings is 2. The molecule has 2 aromatic carbocycles. The molecule has 0 bridgehead atoms. The number of aliphatic imine (C=N–C) groups is 1. The highest BCUT2D eigenvalue weighted by molar-refractivity contribution is 7.91. The number of sulfone groups is 1. The summed E-state index contributed by atoms with van der Waals surface area (Å²) in [5.41, 5.74) is 1.97. The van der Waals surface area contributed by atoms with Gasteiger partial charge in [0.25, 0.3) is 0 Å². The summed E-state index contributed by atoms with van der Waals surface area (Å²) in [6, 6.07) is 13.1. The van der Waals surface area contributed by atoms with Crippen LogP contribution in [0, 0.1) is 12.7 Å². The minimum absolute atomic E-state index is 0.0509. The minimum Gasteiger partial charge on any atom is -0.357 e. The van der Waals surface area contributed by atoms with Gasteiger partial charge in [-0.05, 0) is 55.7 Å². The second-order valence-electron chi connectivity index (χ2n) is 6.14. The number of hydrogen-bond acceptors (Lipinski definition) is 3. The van der Waals surface area contributed by atoms with Crippen molar-refractivity contribution in [1.29, 1.82) is 0 Å². The third-order valence-electron chi connectivity index (χ3n) is 4.07. The zero-order chi connectivity index (χ0) is 19.7. The van der Waals surface area contributed by atoms with Crippen LogP contribution in [0.15, 0.2) is 58.4 Å². The Morgan fingerprint density at radius 2 is 1.85 bits per heavy atom.